The normalized spacial score (nSPS) is 11.4. The van der Waals surface area contributed by atoms with Gasteiger partial charge in [0.05, 0.1) is 125 Å². The number of hydrogen-bond acceptors (Lipinski definition) is 11. The van der Waals surface area contributed by atoms with E-state index >= 15 is 0 Å². The van der Waals surface area contributed by atoms with Crippen molar-refractivity contribution < 1.29 is 57.3 Å². The summed E-state index contributed by atoms with van der Waals surface area (Å²) >= 11 is 0. The van der Waals surface area contributed by atoms with Crippen molar-refractivity contribution in [1.29, 1.82) is 0 Å². The Morgan fingerprint density at radius 2 is 0.792 bits per heavy atom. The first-order chi connectivity index (χ1) is 23.7. The SMILES string of the molecule is CCCCCCCCCc1ccc(OCCOCCOCCOCCOCCOCCOCCOCCOCCOCCC(=O)O)cc1. The van der Waals surface area contributed by atoms with Crippen molar-refractivity contribution in [3.8, 4) is 5.75 Å². The Kier molecular flexibility index (Phi) is 33.5. The number of ether oxygens (including phenoxy) is 10. The quantitative estimate of drug-likeness (QED) is 0.0937. The smallest absolute Gasteiger partial charge is 0.305 e. The fourth-order valence-electron chi connectivity index (χ4n) is 4.28. The van der Waals surface area contributed by atoms with Gasteiger partial charge in [-0.25, -0.2) is 0 Å². The van der Waals surface area contributed by atoms with Crippen molar-refractivity contribution in [2.75, 3.05) is 126 Å². The number of unbranched alkanes of at least 4 members (excludes halogenated alkanes) is 6. The number of hydrogen-bond donors (Lipinski definition) is 1. The van der Waals surface area contributed by atoms with E-state index in [1.54, 1.807) is 0 Å². The van der Waals surface area contributed by atoms with Gasteiger partial charge in [0.15, 0.2) is 0 Å². The molecule has 0 saturated heterocycles. The standard InChI is InChI=1S/C36H64O12/c1-2-3-4-5-6-7-8-9-34-10-12-35(13-11-34)48-33-32-47-31-30-46-29-28-45-27-26-44-25-24-43-23-22-42-21-20-41-19-18-40-17-16-39-15-14-36(37)38/h10-13H,2-9,14-33H2,1H3,(H,37,38). The number of benzene rings is 1. The topological polar surface area (TPSA) is 130 Å². The minimum Gasteiger partial charge on any atom is -0.491 e. The molecule has 12 heteroatoms. The highest BCUT2D eigenvalue weighted by molar-refractivity contribution is 5.66. The molecule has 0 spiro atoms. The molecule has 0 bridgehead atoms. The lowest BCUT2D eigenvalue weighted by Gasteiger charge is -2.09. The van der Waals surface area contributed by atoms with E-state index in [1.807, 2.05) is 12.1 Å². The first-order valence-electron chi connectivity index (χ1n) is 17.9. The molecule has 0 radical (unpaired) electrons. The first-order valence-corrected chi connectivity index (χ1v) is 17.9. The summed E-state index contributed by atoms with van der Waals surface area (Å²) in [6.07, 6.45) is 10.5. The average molecular weight is 689 g/mol. The first kappa shape index (κ1) is 44.2. The summed E-state index contributed by atoms with van der Waals surface area (Å²) in [5.41, 5.74) is 1.38. The van der Waals surface area contributed by atoms with Gasteiger partial charge in [0.1, 0.15) is 12.4 Å². The molecule has 48 heavy (non-hydrogen) atoms. The van der Waals surface area contributed by atoms with Crippen LogP contribution in [0.15, 0.2) is 24.3 Å². The molecule has 0 aromatic heterocycles. The Labute approximate surface area is 288 Å². The minimum atomic E-state index is -0.871. The van der Waals surface area contributed by atoms with Crippen LogP contribution in [0.4, 0.5) is 0 Å². The minimum absolute atomic E-state index is 0.000347. The molecule has 0 aliphatic heterocycles. The fraction of sp³-hybridized carbons (Fsp3) is 0.806. The third-order valence-corrected chi connectivity index (χ3v) is 6.93. The number of carboxylic acid groups (broad SMARTS) is 1. The highest BCUT2D eigenvalue weighted by Crippen LogP contribution is 2.15. The van der Waals surface area contributed by atoms with Gasteiger partial charge >= 0.3 is 5.97 Å². The summed E-state index contributed by atoms with van der Waals surface area (Å²) in [6.45, 7) is 11.2. The Balaban J connectivity index is 1.71. The lowest BCUT2D eigenvalue weighted by molar-refractivity contribution is -0.138. The molecule has 0 aliphatic carbocycles. The van der Waals surface area contributed by atoms with Crippen molar-refractivity contribution in [3.63, 3.8) is 0 Å². The van der Waals surface area contributed by atoms with Crippen molar-refractivity contribution in [2.45, 2.75) is 64.7 Å². The molecule has 1 aromatic rings. The second-order valence-corrected chi connectivity index (χ2v) is 11.0. The van der Waals surface area contributed by atoms with Crippen LogP contribution in [0.5, 0.6) is 5.75 Å². The molecule has 1 aromatic carbocycles. The third-order valence-electron chi connectivity index (χ3n) is 6.93. The molecule has 0 unspecified atom stereocenters. The number of carbonyl (C=O) groups is 1. The van der Waals surface area contributed by atoms with Gasteiger partial charge in [0.2, 0.25) is 0 Å². The Hall–Kier alpha value is -1.87. The van der Waals surface area contributed by atoms with Gasteiger partial charge in [-0.1, -0.05) is 57.6 Å². The number of aryl methyl sites for hydroxylation is 1. The average Bonchev–Trinajstić information content (AvgIpc) is 3.09. The largest absolute Gasteiger partial charge is 0.491 e. The van der Waals surface area contributed by atoms with E-state index in [1.165, 1.54) is 50.5 Å². The van der Waals surface area contributed by atoms with E-state index < -0.39 is 5.97 Å². The van der Waals surface area contributed by atoms with E-state index in [2.05, 4.69) is 19.1 Å². The molecule has 1 rings (SSSR count). The predicted molar refractivity (Wildman–Crippen MR) is 183 cm³/mol. The van der Waals surface area contributed by atoms with Crippen LogP contribution >= 0.6 is 0 Å². The van der Waals surface area contributed by atoms with Crippen molar-refractivity contribution in [3.05, 3.63) is 29.8 Å². The fourth-order valence-corrected chi connectivity index (χ4v) is 4.28. The number of aliphatic carboxylic acids is 1. The second kappa shape index (κ2) is 36.4. The Bertz CT molecular complexity index is 796. The summed E-state index contributed by atoms with van der Waals surface area (Å²) in [6, 6.07) is 8.43. The second-order valence-electron chi connectivity index (χ2n) is 11.0. The highest BCUT2D eigenvalue weighted by atomic mass is 16.6. The molecule has 0 heterocycles. The molecular formula is C36H64O12. The van der Waals surface area contributed by atoms with Crippen LogP contribution in [0.3, 0.4) is 0 Å². The van der Waals surface area contributed by atoms with Crippen LogP contribution in [0.25, 0.3) is 0 Å². The number of rotatable bonds is 39. The van der Waals surface area contributed by atoms with Crippen molar-refractivity contribution in [1.82, 2.24) is 0 Å². The van der Waals surface area contributed by atoms with Crippen LogP contribution in [0.1, 0.15) is 63.9 Å². The maximum absolute atomic E-state index is 10.3. The van der Waals surface area contributed by atoms with Crippen LogP contribution in [0.2, 0.25) is 0 Å². The lowest BCUT2D eigenvalue weighted by Crippen LogP contribution is -2.15. The van der Waals surface area contributed by atoms with E-state index in [0.717, 1.165) is 12.2 Å². The van der Waals surface area contributed by atoms with Gasteiger partial charge in [0.25, 0.3) is 0 Å². The summed E-state index contributed by atoms with van der Waals surface area (Å²) in [7, 11) is 0. The highest BCUT2D eigenvalue weighted by Gasteiger charge is 2.00. The molecule has 280 valence electrons. The van der Waals surface area contributed by atoms with Gasteiger partial charge in [-0.3, -0.25) is 4.79 Å². The molecule has 0 aliphatic rings. The Morgan fingerprint density at radius 1 is 0.458 bits per heavy atom. The monoisotopic (exact) mass is 688 g/mol. The van der Waals surface area contributed by atoms with Crippen molar-refractivity contribution >= 4 is 5.97 Å². The van der Waals surface area contributed by atoms with E-state index in [-0.39, 0.29) is 13.0 Å². The molecular weight excluding hydrogens is 624 g/mol. The van der Waals surface area contributed by atoms with E-state index in [0.29, 0.717) is 119 Å². The maximum Gasteiger partial charge on any atom is 0.305 e. The lowest BCUT2D eigenvalue weighted by atomic mass is 10.0. The van der Waals surface area contributed by atoms with E-state index in [4.69, 9.17) is 52.5 Å². The maximum atomic E-state index is 10.3. The molecule has 1 N–H and O–H groups in total. The van der Waals surface area contributed by atoms with Crippen LogP contribution in [-0.4, -0.2) is 137 Å². The van der Waals surface area contributed by atoms with Gasteiger partial charge in [-0.15, -0.1) is 0 Å². The summed E-state index contributed by atoms with van der Waals surface area (Å²) < 4.78 is 54.6. The van der Waals surface area contributed by atoms with Gasteiger partial charge in [-0.05, 0) is 30.5 Å². The molecule has 0 atom stereocenters. The third kappa shape index (κ3) is 32.7. The summed E-state index contributed by atoms with van der Waals surface area (Å²) in [5, 5.41) is 8.49. The zero-order valence-electron chi connectivity index (χ0n) is 29.5. The van der Waals surface area contributed by atoms with Crippen molar-refractivity contribution in [2.24, 2.45) is 0 Å². The number of carboxylic acids is 1. The van der Waals surface area contributed by atoms with Crippen LogP contribution in [-0.2, 0) is 53.8 Å². The van der Waals surface area contributed by atoms with Crippen LogP contribution < -0.4 is 4.74 Å². The zero-order chi connectivity index (χ0) is 34.4. The predicted octanol–water partition coefficient (Wildman–Crippen LogP) is 4.98. The van der Waals surface area contributed by atoms with E-state index in [9.17, 15) is 4.79 Å². The van der Waals surface area contributed by atoms with Gasteiger partial charge in [0, 0.05) is 0 Å². The summed E-state index contributed by atoms with van der Waals surface area (Å²) in [5.74, 6) is 0.0105. The van der Waals surface area contributed by atoms with Gasteiger partial charge < -0.3 is 52.5 Å². The zero-order valence-corrected chi connectivity index (χ0v) is 29.5. The Morgan fingerprint density at radius 3 is 1.17 bits per heavy atom. The molecule has 0 fully saturated rings. The van der Waals surface area contributed by atoms with Crippen LogP contribution in [0, 0.1) is 0 Å². The summed E-state index contributed by atoms with van der Waals surface area (Å²) in [4.78, 5) is 10.3. The molecule has 12 nitrogen and oxygen atoms in total. The molecule has 0 amide bonds. The molecule has 0 saturated carbocycles. The van der Waals surface area contributed by atoms with Gasteiger partial charge in [-0.2, -0.15) is 0 Å².